The number of amides is 1. The lowest BCUT2D eigenvalue weighted by atomic mass is 10.1. The van der Waals surface area contributed by atoms with Crippen molar-refractivity contribution in [2.24, 2.45) is 0 Å². The molecule has 0 aromatic heterocycles. The molecule has 2 aromatic carbocycles. The quantitative estimate of drug-likeness (QED) is 0.650. The van der Waals surface area contributed by atoms with E-state index >= 15 is 0 Å². The summed E-state index contributed by atoms with van der Waals surface area (Å²) in [5.74, 6) is 0.124. The topological polar surface area (TPSA) is 84.9 Å². The number of carbonyl (C=O) groups is 1. The molecule has 2 rings (SSSR count). The molecule has 2 unspecified atom stereocenters. The molecule has 0 saturated carbocycles. The van der Waals surface area contributed by atoms with Crippen LogP contribution in [0, 0.1) is 5.82 Å². The van der Waals surface area contributed by atoms with E-state index in [0.29, 0.717) is 11.5 Å². The summed E-state index contributed by atoms with van der Waals surface area (Å²) in [4.78, 5) is 13.0. The standard InChI is InChI=1S/C21H27FN2O5S/c1-6-18(24(30(5,26)27)17-10-8-16(22)9-11-17)21(25)23-14(2)15-7-12-19(28-3)20(13-15)29-4/h7-14,18H,6H2,1-5H3,(H,23,25). The third kappa shape index (κ3) is 5.41. The van der Waals surface area contributed by atoms with Crippen molar-refractivity contribution in [1.29, 1.82) is 0 Å². The minimum absolute atomic E-state index is 0.222. The van der Waals surface area contributed by atoms with Crippen LogP contribution in [0.4, 0.5) is 10.1 Å². The van der Waals surface area contributed by atoms with Gasteiger partial charge in [-0.05, 0) is 55.3 Å². The zero-order valence-electron chi connectivity index (χ0n) is 17.7. The summed E-state index contributed by atoms with van der Waals surface area (Å²) in [6.45, 7) is 3.50. The molecule has 1 amide bonds. The molecule has 0 heterocycles. The lowest BCUT2D eigenvalue weighted by Crippen LogP contribution is -2.49. The summed E-state index contributed by atoms with van der Waals surface area (Å²) in [7, 11) is -0.744. The Kier molecular flexibility index (Phi) is 7.66. The van der Waals surface area contributed by atoms with Crippen molar-refractivity contribution >= 4 is 21.6 Å². The number of nitrogens with one attached hydrogen (secondary N) is 1. The fourth-order valence-electron chi connectivity index (χ4n) is 3.16. The van der Waals surface area contributed by atoms with Crippen molar-refractivity contribution in [1.82, 2.24) is 5.32 Å². The zero-order chi connectivity index (χ0) is 22.5. The molecule has 30 heavy (non-hydrogen) atoms. The van der Waals surface area contributed by atoms with Crippen LogP contribution in [-0.2, 0) is 14.8 Å². The van der Waals surface area contributed by atoms with Gasteiger partial charge in [0.25, 0.3) is 0 Å². The second-order valence-corrected chi connectivity index (χ2v) is 8.66. The number of ether oxygens (including phenoxy) is 2. The first-order valence-corrected chi connectivity index (χ1v) is 11.2. The van der Waals surface area contributed by atoms with Crippen LogP contribution in [0.1, 0.15) is 31.9 Å². The van der Waals surface area contributed by atoms with E-state index in [-0.39, 0.29) is 12.1 Å². The maximum atomic E-state index is 13.3. The van der Waals surface area contributed by atoms with Gasteiger partial charge in [0.15, 0.2) is 11.5 Å². The van der Waals surface area contributed by atoms with E-state index in [4.69, 9.17) is 9.47 Å². The van der Waals surface area contributed by atoms with Crippen LogP contribution in [0.5, 0.6) is 11.5 Å². The highest BCUT2D eigenvalue weighted by Gasteiger charge is 2.32. The highest BCUT2D eigenvalue weighted by Crippen LogP contribution is 2.30. The molecular weight excluding hydrogens is 411 g/mol. The number of sulfonamides is 1. The Morgan fingerprint density at radius 2 is 1.70 bits per heavy atom. The SMILES string of the molecule is CCC(C(=O)NC(C)c1ccc(OC)c(OC)c1)N(c1ccc(F)cc1)S(C)(=O)=O. The van der Waals surface area contributed by atoms with Crippen LogP contribution in [-0.4, -0.2) is 40.8 Å². The number of hydrogen-bond donors (Lipinski definition) is 1. The van der Waals surface area contributed by atoms with Crippen LogP contribution >= 0.6 is 0 Å². The van der Waals surface area contributed by atoms with E-state index in [0.717, 1.165) is 28.3 Å². The van der Waals surface area contributed by atoms with Crippen molar-refractivity contribution in [2.75, 3.05) is 24.8 Å². The molecule has 164 valence electrons. The Morgan fingerprint density at radius 1 is 1.10 bits per heavy atom. The molecule has 0 aliphatic rings. The maximum Gasteiger partial charge on any atom is 0.244 e. The number of halogens is 1. The first-order valence-electron chi connectivity index (χ1n) is 9.39. The average molecular weight is 439 g/mol. The number of nitrogens with zero attached hydrogens (tertiary/aromatic N) is 1. The highest BCUT2D eigenvalue weighted by atomic mass is 32.2. The molecule has 0 saturated heterocycles. The van der Waals surface area contributed by atoms with Gasteiger partial charge in [-0.3, -0.25) is 9.10 Å². The highest BCUT2D eigenvalue weighted by molar-refractivity contribution is 7.92. The number of anilines is 1. The van der Waals surface area contributed by atoms with E-state index in [2.05, 4.69) is 5.32 Å². The van der Waals surface area contributed by atoms with Crippen molar-refractivity contribution < 1.29 is 27.1 Å². The third-order valence-electron chi connectivity index (χ3n) is 4.68. The van der Waals surface area contributed by atoms with Gasteiger partial charge in [-0.1, -0.05) is 13.0 Å². The van der Waals surface area contributed by atoms with Gasteiger partial charge >= 0.3 is 0 Å². The van der Waals surface area contributed by atoms with E-state index in [9.17, 15) is 17.6 Å². The van der Waals surface area contributed by atoms with Crippen molar-refractivity contribution in [3.05, 3.63) is 53.8 Å². The van der Waals surface area contributed by atoms with Gasteiger partial charge in [0.2, 0.25) is 15.9 Å². The first kappa shape index (κ1) is 23.5. The Morgan fingerprint density at radius 3 is 2.20 bits per heavy atom. The molecule has 2 atom stereocenters. The number of hydrogen-bond acceptors (Lipinski definition) is 5. The molecule has 0 radical (unpaired) electrons. The summed E-state index contributed by atoms with van der Waals surface area (Å²) in [5.41, 5.74) is 0.989. The van der Waals surface area contributed by atoms with Crippen molar-refractivity contribution in [2.45, 2.75) is 32.4 Å². The van der Waals surface area contributed by atoms with Crippen LogP contribution < -0.4 is 19.1 Å². The molecule has 0 aliphatic heterocycles. The molecule has 2 aromatic rings. The molecular formula is C21H27FN2O5S. The predicted molar refractivity (Wildman–Crippen MR) is 114 cm³/mol. The average Bonchev–Trinajstić information content (AvgIpc) is 2.71. The van der Waals surface area contributed by atoms with E-state index in [1.165, 1.54) is 26.4 Å². The van der Waals surface area contributed by atoms with E-state index in [1.807, 2.05) is 0 Å². The van der Waals surface area contributed by atoms with Gasteiger partial charge in [-0.15, -0.1) is 0 Å². The molecule has 7 nitrogen and oxygen atoms in total. The number of rotatable bonds is 9. The largest absolute Gasteiger partial charge is 0.493 e. The first-order chi connectivity index (χ1) is 14.1. The van der Waals surface area contributed by atoms with Crippen LogP contribution in [0.3, 0.4) is 0 Å². The van der Waals surface area contributed by atoms with Crippen molar-refractivity contribution in [3.63, 3.8) is 0 Å². The molecule has 9 heteroatoms. The van der Waals surface area contributed by atoms with Crippen LogP contribution in [0.25, 0.3) is 0 Å². The lowest BCUT2D eigenvalue weighted by molar-refractivity contribution is -0.122. The van der Waals surface area contributed by atoms with Gasteiger partial charge in [0.05, 0.1) is 32.2 Å². The smallest absolute Gasteiger partial charge is 0.244 e. The van der Waals surface area contributed by atoms with E-state index in [1.54, 1.807) is 32.0 Å². The Labute approximate surface area is 176 Å². The zero-order valence-corrected chi connectivity index (χ0v) is 18.5. The fourth-order valence-corrected chi connectivity index (χ4v) is 4.38. The number of methoxy groups -OCH3 is 2. The normalized spacial score (nSPS) is 13.3. The monoisotopic (exact) mass is 438 g/mol. The second kappa shape index (κ2) is 9.80. The van der Waals surface area contributed by atoms with Gasteiger partial charge in [0.1, 0.15) is 11.9 Å². The Bertz CT molecular complexity index is 979. The van der Waals surface area contributed by atoms with Crippen LogP contribution in [0.15, 0.2) is 42.5 Å². The van der Waals surface area contributed by atoms with Crippen molar-refractivity contribution in [3.8, 4) is 11.5 Å². The van der Waals surface area contributed by atoms with Gasteiger partial charge < -0.3 is 14.8 Å². The number of benzene rings is 2. The van der Waals surface area contributed by atoms with Gasteiger partial charge in [-0.2, -0.15) is 0 Å². The summed E-state index contributed by atoms with van der Waals surface area (Å²) >= 11 is 0. The minimum atomic E-state index is -3.79. The molecule has 0 bridgehead atoms. The van der Waals surface area contributed by atoms with E-state index < -0.39 is 33.8 Å². The molecule has 1 N–H and O–H groups in total. The molecule has 0 fully saturated rings. The minimum Gasteiger partial charge on any atom is -0.493 e. The maximum absolute atomic E-state index is 13.3. The summed E-state index contributed by atoms with van der Waals surface area (Å²) in [5, 5.41) is 2.85. The lowest BCUT2D eigenvalue weighted by Gasteiger charge is -2.31. The molecule has 0 aliphatic carbocycles. The summed E-state index contributed by atoms with van der Waals surface area (Å²) in [6, 6.07) is 8.85. The Hall–Kier alpha value is -2.81. The second-order valence-electron chi connectivity index (χ2n) is 6.80. The third-order valence-corrected chi connectivity index (χ3v) is 5.86. The predicted octanol–water partition coefficient (Wildman–Crippen LogP) is 3.26. The summed E-state index contributed by atoms with van der Waals surface area (Å²) in [6.07, 6.45) is 1.25. The number of carbonyl (C=O) groups excluding carboxylic acids is 1. The molecule has 0 spiro atoms. The Balaban J connectivity index is 2.30. The van der Waals surface area contributed by atoms with Crippen LogP contribution in [0.2, 0.25) is 0 Å². The van der Waals surface area contributed by atoms with Gasteiger partial charge in [-0.25, -0.2) is 12.8 Å². The fraction of sp³-hybridized carbons (Fsp3) is 0.381. The van der Waals surface area contributed by atoms with Gasteiger partial charge in [0, 0.05) is 0 Å². The summed E-state index contributed by atoms with van der Waals surface area (Å²) < 4.78 is 49.7.